The van der Waals surface area contributed by atoms with Gasteiger partial charge in [-0.05, 0) is 11.6 Å². The van der Waals surface area contributed by atoms with Gasteiger partial charge in [0.05, 0.1) is 0 Å². The van der Waals surface area contributed by atoms with E-state index < -0.39 is 0 Å². The van der Waals surface area contributed by atoms with Crippen molar-refractivity contribution in [2.24, 2.45) is 0 Å². The lowest BCUT2D eigenvalue weighted by Crippen LogP contribution is -1.85. The highest BCUT2D eigenvalue weighted by atomic mass is 127. The summed E-state index contributed by atoms with van der Waals surface area (Å²) in [5.41, 5.74) is 2.19. The van der Waals surface area contributed by atoms with Gasteiger partial charge in [-0.15, -0.1) is 10.2 Å². The van der Waals surface area contributed by atoms with Crippen LogP contribution < -0.4 is 0 Å². The summed E-state index contributed by atoms with van der Waals surface area (Å²) in [6.07, 6.45) is 3.76. The van der Waals surface area contributed by atoms with Crippen molar-refractivity contribution >= 4 is 28.2 Å². The summed E-state index contributed by atoms with van der Waals surface area (Å²) in [5, 5.41) is 7.69. The van der Waals surface area contributed by atoms with Crippen molar-refractivity contribution in [3.05, 3.63) is 30.2 Å². The van der Waals surface area contributed by atoms with Crippen molar-refractivity contribution in [2.45, 2.75) is 4.43 Å². The molecule has 0 aliphatic heterocycles. The van der Waals surface area contributed by atoms with E-state index in [0.717, 1.165) is 10.1 Å². The van der Waals surface area contributed by atoms with Crippen LogP contribution in [-0.4, -0.2) is 14.6 Å². The van der Waals surface area contributed by atoms with Gasteiger partial charge < -0.3 is 0 Å². The van der Waals surface area contributed by atoms with Gasteiger partial charge in [-0.25, -0.2) is 0 Å². The zero-order valence-corrected chi connectivity index (χ0v) is 7.89. The third-order valence-corrected chi connectivity index (χ3v) is 2.39. The van der Waals surface area contributed by atoms with Gasteiger partial charge in [0, 0.05) is 10.6 Å². The molecule has 0 atom stereocenters. The van der Waals surface area contributed by atoms with Crippen LogP contribution in [0.2, 0.25) is 0 Å². The molecule has 0 aliphatic carbocycles. The van der Waals surface area contributed by atoms with Crippen LogP contribution >= 0.6 is 22.6 Å². The highest BCUT2D eigenvalue weighted by Crippen LogP contribution is 2.06. The third kappa shape index (κ3) is 1.22. The van der Waals surface area contributed by atoms with Gasteiger partial charge in [0.25, 0.3) is 0 Å². The van der Waals surface area contributed by atoms with Crippen molar-refractivity contribution in [2.75, 3.05) is 0 Å². The average molecular weight is 259 g/mol. The minimum atomic E-state index is 0.901. The first kappa shape index (κ1) is 7.02. The van der Waals surface area contributed by atoms with E-state index in [4.69, 9.17) is 0 Å². The molecule has 2 rings (SSSR count). The Morgan fingerprint density at radius 1 is 1.45 bits per heavy atom. The van der Waals surface area contributed by atoms with Crippen LogP contribution in [0.5, 0.6) is 0 Å². The zero-order chi connectivity index (χ0) is 7.68. The van der Waals surface area contributed by atoms with Gasteiger partial charge in [0.1, 0.15) is 6.33 Å². The third-order valence-electron chi connectivity index (χ3n) is 1.51. The van der Waals surface area contributed by atoms with Crippen LogP contribution in [0.15, 0.2) is 24.7 Å². The summed E-state index contributed by atoms with van der Waals surface area (Å²) < 4.78 is 2.94. The van der Waals surface area contributed by atoms with Crippen molar-refractivity contribution in [3.8, 4) is 0 Å². The minimum Gasteiger partial charge on any atom is -0.289 e. The average Bonchev–Trinajstić information content (AvgIpc) is 2.50. The molecule has 0 bridgehead atoms. The molecule has 0 aromatic carbocycles. The molecule has 2 heterocycles. The number of hydrogen-bond donors (Lipinski definition) is 0. The quantitative estimate of drug-likeness (QED) is 0.576. The molecule has 0 saturated carbocycles. The van der Waals surface area contributed by atoms with Crippen LogP contribution in [0.4, 0.5) is 0 Å². The lowest BCUT2D eigenvalue weighted by Gasteiger charge is -1.94. The number of fused-ring (bicyclic) bond motifs is 1. The molecule has 0 N–H and O–H groups in total. The molecule has 11 heavy (non-hydrogen) atoms. The smallest absolute Gasteiger partial charge is 0.160 e. The molecule has 4 heteroatoms. The second-order valence-electron chi connectivity index (χ2n) is 2.27. The molecular weight excluding hydrogens is 253 g/mol. The number of nitrogens with zero attached hydrogens (tertiary/aromatic N) is 3. The highest BCUT2D eigenvalue weighted by molar-refractivity contribution is 14.1. The SMILES string of the molecule is ICc1ccc2nncn2c1. The monoisotopic (exact) mass is 259 g/mol. The van der Waals surface area contributed by atoms with Gasteiger partial charge in [-0.3, -0.25) is 4.40 Å². The second-order valence-corrected chi connectivity index (χ2v) is 3.03. The number of aromatic nitrogens is 3. The van der Waals surface area contributed by atoms with E-state index in [0.29, 0.717) is 0 Å². The number of hydrogen-bond acceptors (Lipinski definition) is 2. The van der Waals surface area contributed by atoms with Crippen molar-refractivity contribution in [1.29, 1.82) is 0 Å². The van der Waals surface area contributed by atoms with E-state index in [1.54, 1.807) is 6.33 Å². The first-order chi connectivity index (χ1) is 5.40. The molecule has 0 radical (unpaired) electrons. The lowest BCUT2D eigenvalue weighted by atomic mass is 10.3. The zero-order valence-electron chi connectivity index (χ0n) is 5.74. The lowest BCUT2D eigenvalue weighted by molar-refractivity contribution is 1.10. The Morgan fingerprint density at radius 2 is 2.36 bits per heavy atom. The van der Waals surface area contributed by atoms with E-state index in [1.807, 2.05) is 16.7 Å². The predicted molar refractivity (Wildman–Crippen MR) is 50.7 cm³/mol. The molecular formula is C7H6IN3. The Morgan fingerprint density at radius 3 is 3.18 bits per heavy atom. The predicted octanol–water partition coefficient (Wildman–Crippen LogP) is 1.66. The maximum absolute atomic E-state index is 3.90. The molecule has 0 amide bonds. The van der Waals surface area contributed by atoms with Crippen LogP contribution in [0.3, 0.4) is 0 Å². The van der Waals surface area contributed by atoms with Crippen molar-refractivity contribution in [1.82, 2.24) is 14.6 Å². The van der Waals surface area contributed by atoms with E-state index in [9.17, 15) is 0 Å². The van der Waals surface area contributed by atoms with Crippen molar-refractivity contribution in [3.63, 3.8) is 0 Å². The molecule has 0 aliphatic rings. The van der Waals surface area contributed by atoms with Gasteiger partial charge >= 0.3 is 0 Å². The second kappa shape index (κ2) is 2.77. The molecule has 3 nitrogen and oxygen atoms in total. The number of pyridine rings is 1. The maximum Gasteiger partial charge on any atom is 0.160 e. The fourth-order valence-electron chi connectivity index (χ4n) is 0.953. The Bertz CT molecular complexity index is 368. The van der Waals surface area contributed by atoms with E-state index >= 15 is 0 Å². The van der Waals surface area contributed by atoms with Crippen LogP contribution in [0, 0.1) is 0 Å². The summed E-state index contributed by atoms with van der Waals surface area (Å²) in [6.45, 7) is 0. The first-order valence-electron chi connectivity index (χ1n) is 3.24. The van der Waals surface area contributed by atoms with E-state index in [2.05, 4.69) is 38.9 Å². The van der Waals surface area contributed by atoms with E-state index in [-0.39, 0.29) is 0 Å². The fourth-order valence-corrected chi connectivity index (χ4v) is 1.40. The maximum atomic E-state index is 3.90. The summed E-state index contributed by atoms with van der Waals surface area (Å²) >= 11 is 2.33. The highest BCUT2D eigenvalue weighted by Gasteiger charge is 1.94. The minimum absolute atomic E-state index is 0.901. The number of rotatable bonds is 1. The van der Waals surface area contributed by atoms with Gasteiger partial charge in [0.2, 0.25) is 0 Å². The number of alkyl halides is 1. The van der Waals surface area contributed by atoms with Crippen LogP contribution in [0.1, 0.15) is 5.56 Å². The van der Waals surface area contributed by atoms with Gasteiger partial charge in [0.15, 0.2) is 5.65 Å². The molecule has 0 fully saturated rings. The topological polar surface area (TPSA) is 30.2 Å². The molecule has 2 aromatic heterocycles. The Labute approximate surface area is 77.6 Å². The Hall–Kier alpha value is -0.650. The summed E-state index contributed by atoms with van der Waals surface area (Å²) in [7, 11) is 0. The fraction of sp³-hybridized carbons (Fsp3) is 0.143. The van der Waals surface area contributed by atoms with Gasteiger partial charge in [-0.2, -0.15) is 0 Å². The standard InChI is InChI=1S/C7H6IN3/c8-3-6-1-2-7-10-9-5-11(7)4-6/h1-2,4-5H,3H2. The number of halogens is 1. The summed E-state index contributed by atoms with van der Waals surface area (Å²) in [5.74, 6) is 0. The Balaban J connectivity index is 2.67. The first-order valence-corrected chi connectivity index (χ1v) is 4.77. The van der Waals surface area contributed by atoms with Crippen LogP contribution in [0.25, 0.3) is 5.65 Å². The molecule has 2 aromatic rings. The van der Waals surface area contributed by atoms with Crippen molar-refractivity contribution < 1.29 is 0 Å². The molecule has 0 spiro atoms. The van der Waals surface area contributed by atoms with Crippen LogP contribution in [-0.2, 0) is 4.43 Å². The summed E-state index contributed by atoms with van der Waals surface area (Å²) in [4.78, 5) is 0. The molecule has 56 valence electrons. The Kier molecular flexibility index (Phi) is 1.77. The van der Waals surface area contributed by atoms with E-state index in [1.165, 1.54) is 5.56 Å². The van der Waals surface area contributed by atoms with Gasteiger partial charge in [-0.1, -0.05) is 28.7 Å². The molecule has 0 unspecified atom stereocenters. The summed E-state index contributed by atoms with van der Waals surface area (Å²) in [6, 6.07) is 4.04. The molecule has 0 saturated heterocycles. The largest absolute Gasteiger partial charge is 0.289 e. The normalized spacial score (nSPS) is 10.6.